The molecule has 1 saturated heterocycles. The lowest BCUT2D eigenvalue weighted by atomic mass is 10.0. The Morgan fingerprint density at radius 3 is 2.59 bits per heavy atom. The van der Waals surface area contributed by atoms with E-state index < -0.39 is 11.8 Å². The molecule has 32 heavy (non-hydrogen) atoms. The van der Waals surface area contributed by atoms with Crippen LogP contribution < -0.4 is 19.7 Å². The number of piperidine rings is 1. The highest BCUT2D eigenvalue weighted by Crippen LogP contribution is 2.33. The molecule has 0 saturated carbocycles. The molecule has 8 nitrogen and oxygen atoms in total. The lowest BCUT2D eigenvalue weighted by Gasteiger charge is -2.29. The predicted octanol–water partition coefficient (Wildman–Crippen LogP) is 3.27. The number of ether oxygens (including phenoxy) is 2. The number of hydrogen-bond acceptors (Lipinski definition) is 7. The van der Waals surface area contributed by atoms with Gasteiger partial charge in [-0.05, 0) is 49.1 Å². The third-order valence-corrected chi connectivity index (χ3v) is 5.80. The van der Waals surface area contributed by atoms with Gasteiger partial charge >= 0.3 is 0 Å². The second kappa shape index (κ2) is 8.71. The van der Waals surface area contributed by atoms with E-state index in [9.17, 15) is 10.1 Å². The fraction of sp³-hybridized carbons (Fsp3) is 0.333. The predicted molar refractivity (Wildman–Crippen MR) is 118 cm³/mol. The van der Waals surface area contributed by atoms with E-state index in [0.717, 1.165) is 37.0 Å². The smallest absolute Gasteiger partial charge is 0.243 e. The number of aromatic nitrogens is 2. The first-order valence-electron chi connectivity index (χ1n) is 10.8. The highest BCUT2D eigenvalue weighted by atomic mass is 16.7. The molecule has 0 bridgehead atoms. The molecule has 1 N–H and O–H groups in total. The van der Waals surface area contributed by atoms with Gasteiger partial charge in [-0.3, -0.25) is 4.79 Å². The molecule has 1 aromatic heterocycles. The highest BCUT2D eigenvalue weighted by molar-refractivity contribution is 5.88. The molecule has 0 aliphatic carbocycles. The van der Waals surface area contributed by atoms with Crippen molar-refractivity contribution in [2.24, 2.45) is 0 Å². The number of anilines is 1. The minimum atomic E-state index is -1.06. The summed E-state index contributed by atoms with van der Waals surface area (Å²) in [5.41, 5.74) is 2.71. The molecule has 1 atom stereocenters. The Kier molecular flexibility index (Phi) is 5.46. The van der Waals surface area contributed by atoms with Gasteiger partial charge in [0, 0.05) is 19.6 Å². The third kappa shape index (κ3) is 3.89. The maximum absolute atomic E-state index is 13.1. The van der Waals surface area contributed by atoms with E-state index in [1.54, 1.807) is 0 Å². The molecule has 2 aliphatic rings. The molecule has 0 radical (unpaired) electrons. The SMILES string of the molecule is N#C[C@@H](C(=O)NCc1ccc2c(c1)OCO2)c1nc2ccccc2nc1N1CCCCC1. The monoisotopic (exact) mass is 429 g/mol. The van der Waals surface area contributed by atoms with Crippen molar-refractivity contribution in [3.8, 4) is 17.6 Å². The van der Waals surface area contributed by atoms with Crippen LogP contribution in [0.4, 0.5) is 5.82 Å². The summed E-state index contributed by atoms with van der Waals surface area (Å²) in [6, 6.07) is 15.2. The number of carbonyl (C=O) groups is 1. The molecular weight excluding hydrogens is 406 g/mol. The van der Waals surface area contributed by atoms with Gasteiger partial charge in [-0.15, -0.1) is 0 Å². The second-order valence-corrected chi connectivity index (χ2v) is 7.94. The Balaban J connectivity index is 1.42. The molecule has 5 rings (SSSR count). The molecule has 3 heterocycles. The van der Waals surface area contributed by atoms with E-state index in [1.807, 2.05) is 42.5 Å². The van der Waals surface area contributed by atoms with Gasteiger partial charge < -0.3 is 19.7 Å². The number of carbonyl (C=O) groups excluding carboxylic acids is 1. The summed E-state index contributed by atoms with van der Waals surface area (Å²) in [4.78, 5) is 24.8. The fourth-order valence-corrected chi connectivity index (χ4v) is 4.12. The molecule has 1 fully saturated rings. The van der Waals surface area contributed by atoms with Gasteiger partial charge in [-0.1, -0.05) is 18.2 Å². The van der Waals surface area contributed by atoms with Crippen LogP contribution in [-0.2, 0) is 11.3 Å². The highest BCUT2D eigenvalue weighted by Gasteiger charge is 2.29. The Bertz CT molecular complexity index is 1200. The zero-order chi connectivity index (χ0) is 21.9. The standard InChI is InChI=1S/C24H23N5O3/c25-13-17(24(30)26-14-16-8-9-20-21(12-16)32-15-31-20)22-23(29-10-4-1-5-11-29)28-19-7-3-2-6-18(19)27-22/h2-3,6-9,12,17H,1,4-5,10-11,14-15H2,(H,26,30)/t17-/m1/s1. The largest absolute Gasteiger partial charge is 0.454 e. The molecule has 2 aliphatic heterocycles. The van der Waals surface area contributed by atoms with Gasteiger partial charge in [-0.25, -0.2) is 9.97 Å². The van der Waals surface area contributed by atoms with Crippen molar-refractivity contribution in [2.75, 3.05) is 24.8 Å². The molecule has 3 aromatic rings. The van der Waals surface area contributed by atoms with E-state index in [1.165, 1.54) is 6.42 Å². The normalized spacial score (nSPS) is 15.9. The maximum atomic E-state index is 13.1. The van der Waals surface area contributed by atoms with Crippen molar-refractivity contribution < 1.29 is 14.3 Å². The summed E-state index contributed by atoms with van der Waals surface area (Å²) in [6.45, 7) is 2.16. The topological polar surface area (TPSA) is 100 Å². The Morgan fingerprint density at radius 2 is 1.81 bits per heavy atom. The van der Waals surface area contributed by atoms with Crippen LogP contribution in [0.5, 0.6) is 11.5 Å². The summed E-state index contributed by atoms with van der Waals surface area (Å²) in [7, 11) is 0. The van der Waals surface area contributed by atoms with E-state index in [2.05, 4.69) is 16.3 Å². The Morgan fingerprint density at radius 1 is 1.06 bits per heavy atom. The number of para-hydroxylation sites is 2. The van der Waals surface area contributed by atoms with Gasteiger partial charge in [0.25, 0.3) is 0 Å². The summed E-state index contributed by atoms with van der Waals surface area (Å²) >= 11 is 0. The zero-order valence-corrected chi connectivity index (χ0v) is 17.6. The summed E-state index contributed by atoms with van der Waals surface area (Å²) < 4.78 is 10.7. The molecule has 1 amide bonds. The van der Waals surface area contributed by atoms with Crippen LogP contribution in [0.2, 0.25) is 0 Å². The minimum Gasteiger partial charge on any atom is -0.454 e. The van der Waals surface area contributed by atoms with E-state index >= 15 is 0 Å². The minimum absolute atomic E-state index is 0.196. The number of nitrogens with zero attached hydrogens (tertiary/aromatic N) is 4. The number of nitrogens with one attached hydrogen (secondary N) is 1. The number of hydrogen-bond donors (Lipinski definition) is 1. The Hall–Kier alpha value is -3.86. The number of nitriles is 1. The van der Waals surface area contributed by atoms with Gasteiger partial charge in [0.1, 0.15) is 5.69 Å². The molecule has 0 unspecified atom stereocenters. The number of fused-ring (bicyclic) bond motifs is 2. The number of amides is 1. The zero-order valence-electron chi connectivity index (χ0n) is 17.6. The van der Waals surface area contributed by atoms with Crippen molar-refractivity contribution in [3.05, 3.63) is 53.7 Å². The fourth-order valence-electron chi connectivity index (χ4n) is 4.12. The van der Waals surface area contributed by atoms with E-state index in [4.69, 9.17) is 19.4 Å². The van der Waals surface area contributed by atoms with Crippen LogP contribution in [0.1, 0.15) is 36.4 Å². The van der Waals surface area contributed by atoms with Gasteiger partial charge in [-0.2, -0.15) is 5.26 Å². The van der Waals surface area contributed by atoms with Crippen LogP contribution in [0.15, 0.2) is 42.5 Å². The molecule has 0 spiro atoms. The van der Waals surface area contributed by atoms with Crippen LogP contribution >= 0.6 is 0 Å². The van der Waals surface area contributed by atoms with Gasteiger partial charge in [0.2, 0.25) is 12.7 Å². The average molecular weight is 429 g/mol. The summed E-state index contributed by atoms with van der Waals surface area (Å²) in [6.07, 6.45) is 3.29. The number of rotatable bonds is 5. The summed E-state index contributed by atoms with van der Waals surface area (Å²) in [5.74, 6) is 0.521. The van der Waals surface area contributed by atoms with E-state index in [0.29, 0.717) is 28.5 Å². The molecule has 8 heteroatoms. The van der Waals surface area contributed by atoms with Crippen LogP contribution in [0, 0.1) is 11.3 Å². The third-order valence-electron chi connectivity index (χ3n) is 5.80. The molecular formula is C24H23N5O3. The van der Waals surface area contributed by atoms with Crippen LogP contribution in [-0.4, -0.2) is 35.8 Å². The van der Waals surface area contributed by atoms with E-state index in [-0.39, 0.29) is 13.3 Å². The maximum Gasteiger partial charge on any atom is 0.243 e. The first-order chi connectivity index (χ1) is 15.7. The Labute approximate surface area is 185 Å². The van der Waals surface area contributed by atoms with Crippen molar-refractivity contribution in [2.45, 2.75) is 31.7 Å². The molecule has 162 valence electrons. The van der Waals surface area contributed by atoms with Crippen LogP contribution in [0.3, 0.4) is 0 Å². The van der Waals surface area contributed by atoms with Gasteiger partial charge in [0.15, 0.2) is 23.2 Å². The first-order valence-corrected chi connectivity index (χ1v) is 10.8. The quantitative estimate of drug-likeness (QED) is 0.664. The van der Waals surface area contributed by atoms with Crippen molar-refractivity contribution in [1.29, 1.82) is 5.26 Å². The van der Waals surface area contributed by atoms with Gasteiger partial charge in [0.05, 0.1) is 17.1 Å². The van der Waals surface area contributed by atoms with Crippen LogP contribution in [0.25, 0.3) is 11.0 Å². The number of benzene rings is 2. The summed E-state index contributed by atoms with van der Waals surface area (Å²) in [5, 5.41) is 12.8. The lowest BCUT2D eigenvalue weighted by Crippen LogP contribution is -2.34. The lowest BCUT2D eigenvalue weighted by molar-refractivity contribution is -0.121. The second-order valence-electron chi connectivity index (χ2n) is 7.94. The van der Waals surface area contributed by atoms with Crippen molar-refractivity contribution >= 4 is 22.8 Å². The first kappa shape index (κ1) is 20.1. The van der Waals surface area contributed by atoms with Crippen molar-refractivity contribution in [1.82, 2.24) is 15.3 Å². The molecule has 2 aromatic carbocycles. The van der Waals surface area contributed by atoms with Crippen molar-refractivity contribution in [3.63, 3.8) is 0 Å². The average Bonchev–Trinajstić information content (AvgIpc) is 3.31.